The summed E-state index contributed by atoms with van der Waals surface area (Å²) in [6.07, 6.45) is 8.86. The van der Waals surface area contributed by atoms with Crippen molar-refractivity contribution in [2.45, 2.75) is 38.8 Å². The first-order valence-electron chi connectivity index (χ1n) is 9.76. The standard InChI is InChI=1S/C21H22N6O/c1-2-19-24-21(28-25-19)18-9-6-10-26(18)13-15-11-22-20-17(12-23-27(20)14-15)16-7-4-3-5-8-16/h3-5,7-8,11-12,14,18H,2,6,9-10,13H2,1H3/t18-/m0/s1. The number of likely N-dealkylation sites (tertiary alicyclic amines) is 1. The van der Waals surface area contributed by atoms with E-state index >= 15 is 0 Å². The van der Waals surface area contributed by atoms with Crippen LogP contribution in [-0.2, 0) is 13.0 Å². The van der Waals surface area contributed by atoms with E-state index in [2.05, 4.69) is 38.5 Å². The van der Waals surface area contributed by atoms with Crippen LogP contribution in [0.25, 0.3) is 16.8 Å². The Morgan fingerprint density at radius 3 is 2.89 bits per heavy atom. The van der Waals surface area contributed by atoms with Gasteiger partial charge in [0, 0.05) is 36.5 Å². The lowest BCUT2D eigenvalue weighted by molar-refractivity contribution is 0.200. The Labute approximate surface area is 163 Å². The average molecular weight is 374 g/mol. The second-order valence-corrected chi connectivity index (χ2v) is 7.19. The molecular weight excluding hydrogens is 352 g/mol. The maximum atomic E-state index is 5.49. The number of rotatable bonds is 5. The molecule has 0 unspecified atom stereocenters. The van der Waals surface area contributed by atoms with Crippen molar-refractivity contribution in [3.63, 3.8) is 0 Å². The molecule has 28 heavy (non-hydrogen) atoms. The monoisotopic (exact) mass is 374 g/mol. The topological polar surface area (TPSA) is 72.4 Å². The highest BCUT2D eigenvalue weighted by atomic mass is 16.5. The van der Waals surface area contributed by atoms with Gasteiger partial charge in [-0.1, -0.05) is 42.4 Å². The van der Waals surface area contributed by atoms with Gasteiger partial charge < -0.3 is 4.52 Å². The Kier molecular flexibility index (Phi) is 4.37. The van der Waals surface area contributed by atoms with E-state index in [1.807, 2.05) is 42.0 Å². The largest absolute Gasteiger partial charge is 0.338 e. The zero-order valence-electron chi connectivity index (χ0n) is 15.8. The first-order chi connectivity index (χ1) is 13.8. The molecule has 4 aromatic rings. The molecular formula is C21H22N6O. The number of benzene rings is 1. The zero-order valence-corrected chi connectivity index (χ0v) is 15.8. The van der Waals surface area contributed by atoms with Gasteiger partial charge in [0.25, 0.3) is 0 Å². The van der Waals surface area contributed by atoms with Crippen molar-refractivity contribution in [3.8, 4) is 11.1 Å². The highest BCUT2D eigenvalue weighted by Gasteiger charge is 2.30. The minimum absolute atomic E-state index is 0.181. The maximum absolute atomic E-state index is 5.49. The predicted octanol–water partition coefficient (Wildman–Crippen LogP) is 3.68. The summed E-state index contributed by atoms with van der Waals surface area (Å²) in [5, 5.41) is 8.57. The molecule has 7 nitrogen and oxygen atoms in total. The molecule has 4 heterocycles. The third kappa shape index (κ3) is 3.07. The molecule has 0 bridgehead atoms. The zero-order chi connectivity index (χ0) is 18.9. The second-order valence-electron chi connectivity index (χ2n) is 7.19. The molecule has 0 spiro atoms. The Morgan fingerprint density at radius 2 is 2.07 bits per heavy atom. The molecule has 0 saturated carbocycles. The average Bonchev–Trinajstić information content (AvgIpc) is 3.47. The summed E-state index contributed by atoms with van der Waals surface area (Å²) in [7, 11) is 0. The summed E-state index contributed by atoms with van der Waals surface area (Å²) >= 11 is 0. The van der Waals surface area contributed by atoms with Gasteiger partial charge in [0.05, 0.1) is 12.2 Å². The molecule has 1 aliphatic rings. The smallest absolute Gasteiger partial charge is 0.244 e. The van der Waals surface area contributed by atoms with Crippen molar-refractivity contribution in [1.29, 1.82) is 0 Å². The number of fused-ring (bicyclic) bond motifs is 1. The predicted molar refractivity (Wildman–Crippen MR) is 104 cm³/mol. The van der Waals surface area contributed by atoms with Crippen LogP contribution < -0.4 is 0 Å². The number of nitrogens with zero attached hydrogens (tertiary/aromatic N) is 6. The third-order valence-corrected chi connectivity index (χ3v) is 5.33. The van der Waals surface area contributed by atoms with Gasteiger partial charge in [0.2, 0.25) is 5.89 Å². The van der Waals surface area contributed by atoms with Crippen LogP contribution in [0.2, 0.25) is 0 Å². The van der Waals surface area contributed by atoms with Gasteiger partial charge in [-0.05, 0) is 24.9 Å². The Morgan fingerprint density at radius 1 is 1.18 bits per heavy atom. The van der Waals surface area contributed by atoms with Gasteiger partial charge in [-0.15, -0.1) is 0 Å². The molecule has 5 rings (SSSR count). The van der Waals surface area contributed by atoms with Crippen LogP contribution in [0.15, 0.2) is 53.4 Å². The molecule has 1 fully saturated rings. The molecule has 1 saturated heterocycles. The highest BCUT2D eigenvalue weighted by molar-refractivity contribution is 5.76. The first-order valence-corrected chi connectivity index (χ1v) is 9.76. The third-order valence-electron chi connectivity index (χ3n) is 5.33. The van der Waals surface area contributed by atoms with E-state index in [1.165, 1.54) is 0 Å². The summed E-state index contributed by atoms with van der Waals surface area (Å²) in [5.41, 5.74) is 4.17. The lowest BCUT2D eigenvalue weighted by Crippen LogP contribution is -2.23. The van der Waals surface area contributed by atoms with E-state index in [9.17, 15) is 0 Å². The van der Waals surface area contributed by atoms with Gasteiger partial charge in [-0.25, -0.2) is 9.50 Å². The van der Waals surface area contributed by atoms with Crippen molar-refractivity contribution in [1.82, 2.24) is 29.6 Å². The molecule has 0 radical (unpaired) electrons. The first kappa shape index (κ1) is 17.1. The molecule has 1 aromatic carbocycles. The van der Waals surface area contributed by atoms with Crippen molar-refractivity contribution >= 4 is 5.65 Å². The van der Waals surface area contributed by atoms with Crippen LogP contribution in [0.4, 0.5) is 0 Å². The summed E-state index contributed by atoms with van der Waals surface area (Å²) in [4.78, 5) is 11.6. The minimum Gasteiger partial charge on any atom is -0.338 e. The lowest BCUT2D eigenvalue weighted by atomic mass is 10.1. The van der Waals surface area contributed by atoms with Crippen molar-refractivity contribution in [3.05, 3.63) is 66.2 Å². The number of hydrogen-bond donors (Lipinski definition) is 0. The van der Waals surface area contributed by atoms with E-state index in [0.717, 1.165) is 66.4 Å². The van der Waals surface area contributed by atoms with E-state index in [4.69, 9.17) is 9.51 Å². The highest BCUT2D eigenvalue weighted by Crippen LogP contribution is 2.32. The SMILES string of the molecule is CCc1noc([C@@H]2CCCN2Cc2cnc3c(-c4ccccc4)cnn3c2)n1. The van der Waals surface area contributed by atoms with Crippen molar-refractivity contribution in [2.75, 3.05) is 6.54 Å². The number of aryl methyl sites for hydroxylation is 1. The molecule has 142 valence electrons. The molecule has 0 N–H and O–H groups in total. The molecule has 7 heteroatoms. The van der Waals surface area contributed by atoms with Gasteiger partial charge in [-0.3, -0.25) is 4.90 Å². The van der Waals surface area contributed by atoms with Gasteiger partial charge >= 0.3 is 0 Å². The second kappa shape index (κ2) is 7.16. The molecule has 0 aliphatic carbocycles. The Balaban J connectivity index is 1.39. The minimum atomic E-state index is 0.181. The fourth-order valence-electron chi connectivity index (χ4n) is 3.89. The lowest BCUT2D eigenvalue weighted by Gasteiger charge is -2.21. The van der Waals surface area contributed by atoms with E-state index in [1.54, 1.807) is 0 Å². The van der Waals surface area contributed by atoms with Gasteiger partial charge in [-0.2, -0.15) is 10.1 Å². The summed E-state index contributed by atoms with van der Waals surface area (Å²) in [6.45, 7) is 3.84. The normalized spacial score (nSPS) is 17.5. The van der Waals surface area contributed by atoms with Gasteiger partial charge in [0.15, 0.2) is 11.5 Å². The molecule has 3 aromatic heterocycles. The van der Waals surface area contributed by atoms with E-state index in [-0.39, 0.29) is 6.04 Å². The van der Waals surface area contributed by atoms with Gasteiger partial charge in [0.1, 0.15) is 0 Å². The molecule has 1 atom stereocenters. The Bertz CT molecular complexity index is 1090. The summed E-state index contributed by atoms with van der Waals surface area (Å²) < 4.78 is 7.36. The molecule has 1 aliphatic heterocycles. The maximum Gasteiger partial charge on any atom is 0.244 e. The quantitative estimate of drug-likeness (QED) is 0.531. The van der Waals surface area contributed by atoms with Crippen LogP contribution in [-0.4, -0.2) is 36.2 Å². The summed E-state index contributed by atoms with van der Waals surface area (Å²) in [5.74, 6) is 1.50. The van der Waals surface area contributed by atoms with Crippen molar-refractivity contribution < 1.29 is 4.52 Å². The van der Waals surface area contributed by atoms with Crippen molar-refractivity contribution in [2.24, 2.45) is 0 Å². The van der Waals surface area contributed by atoms with Crippen LogP contribution in [0.1, 0.15) is 43.1 Å². The van der Waals surface area contributed by atoms with Crippen LogP contribution in [0.3, 0.4) is 0 Å². The summed E-state index contributed by atoms with van der Waals surface area (Å²) in [6, 6.07) is 10.4. The number of aromatic nitrogens is 5. The number of hydrogen-bond acceptors (Lipinski definition) is 6. The van der Waals surface area contributed by atoms with Crippen LogP contribution >= 0.6 is 0 Å². The van der Waals surface area contributed by atoms with Crippen LogP contribution in [0.5, 0.6) is 0 Å². The van der Waals surface area contributed by atoms with E-state index in [0.29, 0.717) is 0 Å². The van der Waals surface area contributed by atoms with E-state index < -0.39 is 0 Å². The fourth-order valence-corrected chi connectivity index (χ4v) is 3.89. The fraction of sp³-hybridized carbons (Fsp3) is 0.333. The molecule has 0 amide bonds. The Hall–Kier alpha value is -3.06. The van der Waals surface area contributed by atoms with Crippen LogP contribution in [0, 0.1) is 0 Å².